The number of rotatable bonds is 3. The van der Waals surface area contributed by atoms with E-state index in [4.69, 9.17) is 0 Å². The first-order valence-electron chi connectivity index (χ1n) is 7.25. The van der Waals surface area contributed by atoms with Crippen LogP contribution in [-0.2, 0) is 22.6 Å². The molecule has 2 heterocycles. The molecule has 2 aromatic rings. The summed E-state index contributed by atoms with van der Waals surface area (Å²) in [6.07, 6.45) is 3.37. The number of aryl methyl sites for hydroxylation is 1. The Morgan fingerprint density at radius 3 is 2.74 bits per heavy atom. The molecule has 1 aliphatic heterocycles. The third-order valence-electron chi connectivity index (χ3n) is 3.85. The fourth-order valence-corrected chi connectivity index (χ4v) is 3.27. The quantitative estimate of drug-likeness (QED) is 0.879. The lowest BCUT2D eigenvalue weighted by Crippen LogP contribution is -2.48. The molecule has 0 saturated heterocycles. The predicted molar refractivity (Wildman–Crippen MR) is 88.0 cm³/mol. The summed E-state index contributed by atoms with van der Waals surface area (Å²) < 4.78 is 0. The molecule has 118 valence electrons. The van der Waals surface area contributed by atoms with E-state index < -0.39 is 12.0 Å². The van der Waals surface area contributed by atoms with Crippen molar-refractivity contribution >= 4 is 29.3 Å². The van der Waals surface area contributed by atoms with Gasteiger partial charge in [0.05, 0.1) is 10.7 Å². The lowest BCUT2D eigenvalue weighted by molar-refractivity contribution is -0.149. The summed E-state index contributed by atoms with van der Waals surface area (Å²) >= 11 is 1.51. The second kappa shape index (κ2) is 6.34. The predicted octanol–water partition coefficient (Wildman–Crippen LogP) is 2.50. The number of hydrogen-bond donors (Lipinski definition) is 1. The molecule has 0 fully saturated rings. The Labute approximate surface area is 137 Å². The molecule has 1 aliphatic rings. The second-order valence-corrected chi connectivity index (χ2v) is 6.48. The number of carbonyl (C=O) groups is 2. The molecular formula is C17H16N2O3S. The number of carbonyl (C=O) groups excluding carboxylic acids is 1. The molecule has 0 spiro atoms. The smallest absolute Gasteiger partial charge is 0.326 e. The van der Waals surface area contributed by atoms with Crippen molar-refractivity contribution in [2.45, 2.75) is 25.9 Å². The molecular weight excluding hydrogens is 312 g/mol. The molecule has 1 aromatic carbocycles. The number of benzene rings is 1. The number of hydrogen-bond acceptors (Lipinski definition) is 4. The summed E-state index contributed by atoms with van der Waals surface area (Å²) in [7, 11) is 0. The third-order valence-corrected chi connectivity index (χ3v) is 4.64. The third kappa shape index (κ3) is 3.32. The summed E-state index contributed by atoms with van der Waals surface area (Å²) in [4.78, 5) is 29.6. The number of fused-ring (bicyclic) bond motifs is 1. The molecule has 3 rings (SSSR count). The molecule has 23 heavy (non-hydrogen) atoms. The van der Waals surface area contributed by atoms with Crippen molar-refractivity contribution in [1.29, 1.82) is 0 Å². The molecule has 1 unspecified atom stereocenters. The first kappa shape index (κ1) is 15.4. The van der Waals surface area contributed by atoms with Crippen LogP contribution in [0.3, 0.4) is 0 Å². The number of carboxylic acids is 1. The minimum atomic E-state index is -0.981. The van der Waals surface area contributed by atoms with Crippen LogP contribution in [0.5, 0.6) is 0 Å². The van der Waals surface area contributed by atoms with Crippen LogP contribution in [-0.4, -0.2) is 32.9 Å². The van der Waals surface area contributed by atoms with Gasteiger partial charge >= 0.3 is 5.97 Å². The van der Waals surface area contributed by atoms with Gasteiger partial charge in [0.2, 0.25) is 5.91 Å². The van der Waals surface area contributed by atoms with Crippen LogP contribution in [0.25, 0.3) is 6.08 Å². The van der Waals surface area contributed by atoms with Gasteiger partial charge in [-0.3, -0.25) is 4.79 Å². The lowest BCUT2D eigenvalue weighted by Gasteiger charge is -2.33. The largest absolute Gasteiger partial charge is 0.480 e. The SMILES string of the molecule is Cc1nc(C=CC(=O)N2Cc3ccccc3CC2C(=O)O)cs1. The topological polar surface area (TPSA) is 70.5 Å². The maximum absolute atomic E-state index is 12.5. The number of aliphatic carboxylic acids is 1. The Hall–Kier alpha value is -2.47. The highest BCUT2D eigenvalue weighted by Gasteiger charge is 2.33. The first-order valence-corrected chi connectivity index (χ1v) is 8.13. The van der Waals surface area contributed by atoms with Gasteiger partial charge in [-0.25, -0.2) is 9.78 Å². The second-order valence-electron chi connectivity index (χ2n) is 5.42. The van der Waals surface area contributed by atoms with Crippen molar-refractivity contribution in [3.05, 3.63) is 57.6 Å². The summed E-state index contributed by atoms with van der Waals surface area (Å²) in [5.74, 6) is -1.29. The first-order chi connectivity index (χ1) is 11.0. The van der Waals surface area contributed by atoms with Crippen LogP contribution in [0, 0.1) is 6.92 Å². The van der Waals surface area contributed by atoms with E-state index in [1.54, 1.807) is 6.08 Å². The van der Waals surface area contributed by atoms with Crippen molar-refractivity contribution in [3.63, 3.8) is 0 Å². The van der Waals surface area contributed by atoms with Crippen molar-refractivity contribution in [1.82, 2.24) is 9.88 Å². The van der Waals surface area contributed by atoms with Gasteiger partial charge < -0.3 is 10.0 Å². The van der Waals surface area contributed by atoms with Gasteiger partial charge in [-0.15, -0.1) is 11.3 Å². The molecule has 0 radical (unpaired) electrons. The van der Waals surface area contributed by atoms with Gasteiger partial charge in [-0.1, -0.05) is 24.3 Å². The maximum atomic E-state index is 12.5. The van der Waals surface area contributed by atoms with Crippen molar-refractivity contribution in [2.75, 3.05) is 0 Å². The summed E-state index contributed by atoms with van der Waals surface area (Å²) in [6, 6.07) is 6.80. The molecule has 0 saturated carbocycles. The minimum Gasteiger partial charge on any atom is -0.480 e. The maximum Gasteiger partial charge on any atom is 0.326 e. The average Bonchev–Trinajstić information content (AvgIpc) is 2.96. The normalized spacial score (nSPS) is 17.3. The van der Waals surface area contributed by atoms with Crippen LogP contribution < -0.4 is 0 Å². The molecule has 1 amide bonds. The van der Waals surface area contributed by atoms with E-state index in [1.165, 1.54) is 22.3 Å². The zero-order chi connectivity index (χ0) is 16.4. The van der Waals surface area contributed by atoms with E-state index >= 15 is 0 Å². The highest BCUT2D eigenvalue weighted by molar-refractivity contribution is 7.09. The number of aromatic nitrogens is 1. The summed E-state index contributed by atoms with van der Waals surface area (Å²) in [6.45, 7) is 2.21. The molecule has 1 atom stereocenters. The fraction of sp³-hybridized carbons (Fsp3) is 0.235. The van der Waals surface area contributed by atoms with Crippen LogP contribution in [0.15, 0.2) is 35.7 Å². The number of amides is 1. The molecule has 1 aromatic heterocycles. The van der Waals surface area contributed by atoms with Crippen molar-refractivity contribution in [2.24, 2.45) is 0 Å². The van der Waals surface area contributed by atoms with Gasteiger partial charge in [-0.05, 0) is 24.1 Å². The van der Waals surface area contributed by atoms with E-state index in [2.05, 4.69) is 4.98 Å². The Bertz CT molecular complexity index is 782. The van der Waals surface area contributed by atoms with E-state index in [1.807, 2.05) is 36.6 Å². The zero-order valence-corrected chi connectivity index (χ0v) is 13.4. The number of nitrogens with zero attached hydrogens (tertiary/aromatic N) is 2. The number of carboxylic acid groups (broad SMARTS) is 1. The Kier molecular flexibility index (Phi) is 4.25. The minimum absolute atomic E-state index is 0.308. The monoisotopic (exact) mass is 328 g/mol. The lowest BCUT2D eigenvalue weighted by atomic mass is 9.94. The number of thiazole rings is 1. The fourth-order valence-electron chi connectivity index (χ4n) is 2.68. The van der Waals surface area contributed by atoms with Crippen LogP contribution in [0.1, 0.15) is 21.8 Å². The van der Waals surface area contributed by atoms with Gasteiger partial charge in [0.15, 0.2) is 0 Å². The van der Waals surface area contributed by atoms with E-state index in [0.29, 0.717) is 18.7 Å². The van der Waals surface area contributed by atoms with Gasteiger partial charge in [-0.2, -0.15) is 0 Å². The highest BCUT2D eigenvalue weighted by Crippen LogP contribution is 2.24. The van der Waals surface area contributed by atoms with Crippen LogP contribution in [0.2, 0.25) is 0 Å². The van der Waals surface area contributed by atoms with Gasteiger partial charge in [0.25, 0.3) is 0 Å². The molecule has 0 aliphatic carbocycles. The molecule has 0 bridgehead atoms. The van der Waals surface area contributed by atoms with Gasteiger partial charge in [0.1, 0.15) is 6.04 Å². The van der Waals surface area contributed by atoms with Crippen molar-refractivity contribution in [3.8, 4) is 0 Å². The summed E-state index contributed by atoms with van der Waals surface area (Å²) in [5.41, 5.74) is 2.70. The standard InChI is InChI=1S/C17H16N2O3S/c1-11-18-14(10-23-11)6-7-16(20)19-9-13-5-3-2-4-12(13)8-15(19)17(21)22/h2-7,10,15H,8-9H2,1H3,(H,21,22). The Morgan fingerprint density at radius 1 is 1.35 bits per heavy atom. The summed E-state index contributed by atoms with van der Waals surface area (Å²) in [5, 5.41) is 12.2. The highest BCUT2D eigenvalue weighted by atomic mass is 32.1. The van der Waals surface area contributed by atoms with Crippen LogP contribution >= 0.6 is 11.3 Å². The Balaban J connectivity index is 1.83. The van der Waals surface area contributed by atoms with Crippen molar-refractivity contribution < 1.29 is 14.7 Å². The zero-order valence-electron chi connectivity index (χ0n) is 12.6. The molecule has 6 heteroatoms. The van der Waals surface area contributed by atoms with Gasteiger partial charge in [0, 0.05) is 24.4 Å². The molecule has 5 nitrogen and oxygen atoms in total. The van der Waals surface area contributed by atoms with E-state index in [-0.39, 0.29) is 5.91 Å². The molecule has 1 N–H and O–H groups in total. The average molecular weight is 328 g/mol. The van der Waals surface area contributed by atoms with E-state index in [9.17, 15) is 14.7 Å². The Morgan fingerprint density at radius 2 is 2.09 bits per heavy atom. The van der Waals surface area contributed by atoms with E-state index in [0.717, 1.165) is 16.1 Å². The van der Waals surface area contributed by atoms with Crippen LogP contribution in [0.4, 0.5) is 0 Å².